The predicted molar refractivity (Wildman–Crippen MR) is 101 cm³/mol. The van der Waals surface area contributed by atoms with Crippen LogP contribution in [0.25, 0.3) is 5.65 Å². The Bertz CT molecular complexity index is 888. The molecule has 0 aliphatic carbocycles. The zero-order valence-electron chi connectivity index (χ0n) is 15.6. The Hall–Kier alpha value is -2.18. The first-order chi connectivity index (χ1) is 13.4. The highest BCUT2D eigenvalue weighted by Crippen LogP contribution is 2.31. The van der Waals surface area contributed by atoms with Crippen molar-refractivity contribution in [1.82, 2.24) is 19.5 Å². The van der Waals surface area contributed by atoms with Gasteiger partial charge in [-0.3, -0.25) is 9.30 Å². The number of pyridine rings is 1. The van der Waals surface area contributed by atoms with Crippen LogP contribution in [0.1, 0.15) is 61.5 Å². The first-order valence-electron chi connectivity index (χ1n) is 10.1. The number of nitrogens with zero attached hydrogens (tertiary/aromatic N) is 4. The Balaban J connectivity index is 1.19. The number of likely N-dealkylation sites (tertiary alicyclic amines) is 1. The summed E-state index contributed by atoms with van der Waals surface area (Å²) in [6, 6.07) is 10.3. The molecule has 0 saturated carbocycles. The van der Waals surface area contributed by atoms with Crippen molar-refractivity contribution in [3.8, 4) is 0 Å². The van der Waals surface area contributed by atoms with E-state index in [-0.39, 0.29) is 6.10 Å². The third-order valence-electron chi connectivity index (χ3n) is 5.85. The van der Waals surface area contributed by atoms with Gasteiger partial charge in [0.25, 0.3) is 0 Å². The van der Waals surface area contributed by atoms with E-state index in [9.17, 15) is 0 Å². The number of piperidine rings is 1. The number of furan rings is 1. The lowest BCUT2D eigenvalue weighted by Crippen LogP contribution is -2.32. The van der Waals surface area contributed by atoms with Gasteiger partial charge in [-0.1, -0.05) is 6.07 Å². The fourth-order valence-corrected chi connectivity index (χ4v) is 4.33. The van der Waals surface area contributed by atoms with Crippen LogP contribution in [-0.4, -0.2) is 39.2 Å². The van der Waals surface area contributed by atoms with Crippen LogP contribution in [0.3, 0.4) is 0 Å². The number of hydrogen-bond acceptors (Lipinski definition) is 5. The van der Waals surface area contributed by atoms with Crippen molar-refractivity contribution < 1.29 is 9.15 Å². The van der Waals surface area contributed by atoms with Gasteiger partial charge in [0, 0.05) is 18.7 Å². The lowest BCUT2D eigenvalue weighted by atomic mass is 9.96. The summed E-state index contributed by atoms with van der Waals surface area (Å²) in [7, 11) is 0. The van der Waals surface area contributed by atoms with Crippen molar-refractivity contribution in [3.63, 3.8) is 0 Å². The number of hydrogen-bond donors (Lipinski definition) is 0. The molecule has 3 aromatic rings. The van der Waals surface area contributed by atoms with Crippen LogP contribution in [0.4, 0.5) is 0 Å². The summed E-state index contributed by atoms with van der Waals surface area (Å²) in [4.78, 5) is 2.48. The van der Waals surface area contributed by atoms with Crippen LogP contribution in [0.5, 0.6) is 0 Å². The zero-order chi connectivity index (χ0) is 18.1. The molecular weight excluding hydrogens is 340 g/mol. The molecule has 27 heavy (non-hydrogen) atoms. The van der Waals surface area contributed by atoms with Gasteiger partial charge < -0.3 is 9.15 Å². The van der Waals surface area contributed by atoms with Gasteiger partial charge in [0.05, 0.1) is 6.54 Å². The summed E-state index contributed by atoms with van der Waals surface area (Å²) in [5, 5.41) is 8.75. The summed E-state index contributed by atoms with van der Waals surface area (Å²) in [5.74, 6) is 3.61. The molecule has 2 aliphatic rings. The van der Waals surface area contributed by atoms with E-state index in [2.05, 4.69) is 37.8 Å². The molecule has 5 heterocycles. The van der Waals surface area contributed by atoms with Gasteiger partial charge in [-0.25, -0.2) is 0 Å². The minimum absolute atomic E-state index is 0.152. The Morgan fingerprint density at radius 1 is 1.00 bits per heavy atom. The Labute approximate surface area is 159 Å². The van der Waals surface area contributed by atoms with Crippen molar-refractivity contribution in [3.05, 3.63) is 53.9 Å². The van der Waals surface area contributed by atoms with Crippen LogP contribution >= 0.6 is 0 Å². The molecule has 2 saturated heterocycles. The fourth-order valence-electron chi connectivity index (χ4n) is 4.33. The van der Waals surface area contributed by atoms with Gasteiger partial charge in [0.1, 0.15) is 23.4 Å². The van der Waals surface area contributed by atoms with Crippen LogP contribution in [0.2, 0.25) is 0 Å². The highest BCUT2D eigenvalue weighted by molar-refractivity contribution is 5.37. The Morgan fingerprint density at radius 2 is 1.93 bits per heavy atom. The van der Waals surface area contributed by atoms with E-state index >= 15 is 0 Å². The highest BCUT2D eigenvalue weighted by Gasteiger charge is 2.25. The minimum atomic E-state index is 0.152. The van der Waals surface area contributed by atoms with Crippen LogP contribution in [-0.2, 0) is 11.3 Å². The third kappa shape index (κ3) is 3.51. The highest BCUT2D eigenvalue weighted by atomic mass is 16.5. The van der Waals surface area contributed by atoms with E-state index in [0.29, 0.717) is 5.92 Å². The summed E-state index contributed by atoms with van der Waals surface area (Å²) in [6.45, 7) is 3.84. The molecule has 5 rings (SSSR count). The summed E-state index contributed by atoms with van der Waals surface area (Å²) in [5.41, 5.74) is 0.933. The molecule has 0 bridgehead atoms. The molecular formula is C21H26N4O2. The Kier molecular flexibility index (Phi) is 4.67. The maximum atomic E-state index is 6.09. The average molecular weight is 366 g/mol. The second-order valence-corrected chi connectivity index (χ2v) is 7.70. The molecule has 1 unspecified atom stereocenters. The minimum Gasteiger partial charge on any atom is -0.462 e. The quantitative estimate of drug-likeness (QED) is 0.700. The molecule has 1 atom stereocenters. The number of aromatic nitrogens is 3. The molecule has 0 N–H and O–H groups in total. The van der Waals surface area contributed by atoms with E-state index in [1.807, 2.05) is 18.2 Å². The number of ether oxygens (including phenoxy) is 1. The maximum absolute atomic E-state index is 6.09. The first-order valence-corrected chi connectivity index (χ1v) is 10.1. The Morgan fingerprint density at radius 3 is 2.78 bits per heavy atom. The van der Waals surface area contributed by atoms with Gasteiger partial charge >= 0.3 is 0 Å². The van der Waals surface area contributed by atoms with E-state index < -0.39 is 0 Å². The lowest BCUT2D eigenvalue weighted by molar-refractivity contribution is 0.000763. The largest absolute Gasteiger partial charge is 0.462 e. The predicted octanol–water partition coefficient (Wildman–Crippen LogP) is 3.94. The summed E-state index contributed by atoms with van der Waals surface area (Å²) in [6.07, 6.45) is 7.90. The average Bonchev–Trinajstić information content (AvgIpc) is 3.37. The normalized spacial score (nSPS) is 22.4. The third-order valence-corrected chi connectivity index (χ3v) is 5.85. The van der Waals surface area contributed by atoms with Crippen molar-refractivity contribution in [2.45, 2.75) is 50.7 Å². The summed E-state index contributed by atoms with van der Waals surface area (Å²) < 4.78 is 14.1. The van der Waals surface area contributed by atoms with E-state index in [1.54, 1.807) is 0 Å². The SMILES string of the molecule is c1ccn2c(C3CCN(Cc4ccc(C5CCCCO5)o4)CC3)nnc2c1. The molecule has 2 aliphatic heterocycles. The molecule has 0 aromatic carbocycles. The fraction of sp³-hybridized carbons (Fsp3) is 0.524. The van der Waals surface area contributed by atoms with Crippen molar-refractivity contribution >= 4 is 5.65 Å². The molecule has 142 valence electrons. The maximum Gasteiger partial charge on any atom is 0.160 e. The molecule has 0 radical (unpaired) electrons. The molecule has 2 fully saturated rings. The smallest absolute Gasteiger partial charge is 0.160 e. The molecule has 6 heteroatoms. The van der Waals surface area contributed by atoms with Gasteiger partial charge in [-0.05, 0) is 69.5 Å². The second kappa shape index (κ2) is 7.44. The van der Waals surface area contributed by atoms with Crippen LogP contribution < -0.4 is 0 Å². The zero-order valence-corrected chi connectivity index (χ0v) is 15.6. The molecule has 6 nitrogen and oxygen atoms in total. The van der Waals surface area contributed by atoms with Gasteiger partial charge in [-0.15, -0.1) is 10.2 Å². The van der Waals surface area contributed by atoms with Crippen molar-refractivity contribution in [1.29, 1.82) is 0 Å². The molecule has 0 amide bonds. The van der Waals surface area contributed by atoms with Crippen LogP contribution in [0.15, 0.2) is 40.9 Å². The van der Waals surface area contributed by atoms with Gasteiger partial charge in [0.2, 0.25) is 0 Å². The standard InChI is InChI=1S/C21H26N4O2/c1-3-11-25-20(6-1)22-23-21(25)16-9-12-24(13-10-16)15-17-7-8-19(27-17)18-5-2-4-14-26-18/h1,3,6-8,11,16,18H,2,4-5,9-10,12-15H2. The number of fused-ring (bicyclic) bond motifs is 1. The first kappa shape index (κ1) is 17.0. The number of rotatable bonds is 4. The van der Waals surface area contributed by atoms with Crippen LogP contribution in [0, 0.1) is 0 Å². The van der Waals surface area contributed by atoms with E-state index in [1.165, 1.54) is 12.8 Å². The molecule has 0 spiro atoms. The van der Waals surface area contributed by atoms with E-state index in [4.69, 9.17) is 9.15 Å². The second-order valence-electron chi connectivity index (χ2n) is 7.70. The van der Waals surface area contributed by atoms with E-state index in [0.717, 1.165) is 68.5 Å². The molecule has 3 aromatic heterocycles. The van der Waals surface area contributed by atoms with Crippen molar-refractivity contribution in [2.24, 2.45) is 0 Å². The monoisotopic (exact) mass is 366 g/mol. The lowest BCUT2D eigenvalue weighted by Gasteiger charge is -2.30. The van der Waals surface area contributed by atoms with Gasteiger partial charge in [-0.2, -0.15) is 0 Å². The van der Waals surface area contributed by atoms with Crippen molar-refractivity contribution in [2.75, 3.05) is 19.7 Å². The van der Waals surface area contributed by atoms with Gasteiger partial charge in [0.15, 0.2) is 5.65 Å². The topological polar surface area (TPSA) is 55.8 Å². The summed E-state index contributed by atoms with van der Waals surface area (Å²) >= 11 is 0.